The Balaban J connectivity index is 3.50. The fourth-order valence-corrected chi connectivity index (χ4v) is 0.835. The monoisotopic (exact) mass is 215 g/mol. The van der Waals surface area contributed by atoms with Crippen molar-refractivity contribution in [2.24, 2.45) is 0 Å². The van der Waals surface area contributed by atoms with Gasteiger partial charge in [0.15, 0.2) is 0 Å². The lowest BCUT2D eigenvalue weighted by molar-refractivity contribution is -0.132. The zero-order chi connectivity index (χ0) is 11.8. The Bertz CT molecular complexity index is 248. The molecule has 0 saturated heterocycles. The van der Waals surface area contributed by atoms with Crippen molar-refractivity contribution in [2.45, 2.75) is 32.7 Å². The van der Waals surface area contributed by atoms with Crippen molar-refractivity contribution in [1.29, 1.82) is 0 Å². The van der Waals surface area contributed by atoms with Gasteiger partial charge in [0, 0.05) is 11.6 Å². The summed E-state index contributed by atoms with van der Waals surface area (Å²) in [5.74, 6) is -1.01. The molecule has 0 unspecified atom stereocenters. The zero-order valence-electron chi connectivity index (χ0n) is 9.08. The molecular weight excluding hydrogens is 198 g/mol. The molecular formula is C10H17NO4. The van der Waals surface area contributed by atoms with Crippen LogP contribution in [0, 0.1) is 0 Å². The van der Waals surface area contributed by atoms with Crippen molar-refractivity contribution >= 4 is 12.1 Å². The minimum atomic E-state index is -1.01. The van der Waals surface area contributed by atoms with Crippen LogP contribution in [0.1, 0.15) is 26.7 Å². The summed E-state index contributed by atoms with van der Waals surface area (Å²) in [5.41, 5.74) is 0.128. The Morgan fingerprint density at radius 3 is 2.53 bits per heavy atom. The topological polar surface area (TPSA) is 75.6 Å². The summed E-state index contributed by atoms with van der Waals surface area (Å²) < 4.78 is 4.80. The summed E-state index contributed by atoms with van der Waals surface area (Å²) >= 11 is 0. The molecule has 5 heteroatoms. The molecule has 0 aliphatic carbocycles. The molecule has 1 amide bonds. The summed E-state index contributed by atoms with van der Waals surface area (Å²) in [6.45, 7) is 7.22. The summed E-state index contributed by atoms with van der Waals surface area (Å²) in [6.07, 6.45) is 0.312. The molecule has 0 aromatic rings. The van der Waals surface area contributed by atoms with Gasteiger partial charge < -0.3 is 15.2 Å². The average Bonchev–Trinajstić information content (AvgIpc) is 2.10. The van der Waals surface area contributed by atoms with Crippen LogP contribution in [0.4, 0.5) is 4.79 Å². The first-order valence-electron chi connectivity index (χ1n) is 4.78. The first-order valence-corrected chi connectivity index (χ1v) is 4.78. The highest BCUT2D eigenvalue weighted by Gasteiger charge is 2.05. The summed E-state index contributed by atoms with van der Waals surface area (Å²) in [7, 11) is 0. The molecule has 0 radical (unpaired) electrons. The fourth-order valence-electron chi connectivity index (χ4n) is 0.835. The van der Waals surface area contributed by atoms with E-state index in [4.69, 9.17) is 9.84 Å². The maximum atomic E-state index is 11.0. The molecule has 0 rings (SSSR count). The number of carboxylic acid groups (broad SMARTS) is 1. The quantitative estimate of drug-likeness (QED) is 0.520. The molecule has 0 aliphatic rings. The average molecular weight is 215 g/mol. The van der Waals surface area contributed by atoms with Crippen molar-refractivity contribution in [3.63, 3.8) is 0 Å². The molecule has 0 bridgehead atoms. The van der Waals surface area contributed by atoms with E-state index in [0.717, 1.165) is 0 Å². The number of alkyl carbamates (subject to hydrolysis) is 1. The van der Waals surface area contributed by atoms with Crippen molar-refractivity contribution < 1.29 is 19.4 Å². The summed E-state index contributed by atoms with van der Waals surface area (Å²) in [5, 5.41) is 11.0. The maximum Gasteiger partial charge on any atom is 0.407 e. The van der Waals surface area contributed by atoms with Gasteiger partial charge in [0.05, 0.1) is 6.61 Å². The number of carbonyl (C=O) groups is 2. The van der Waals surface area contributed by atoms with Gasteiger partial charge >= 0.3 is 12.1 Å². The number of ether oxygens (including phenoxy) is 1. The first kappa shape index (κ1) is 13.5. The Hall–Kier alpha value is -1.52. The van der Waals surface area contributed by atoms with Gasteiger partial charge in [0.25, 0.3) is 0 Å². The highest BCUT2D eigenvalue weighted by Crippen LogP contribution is 2.02. The lowest BCUT2D eigenvalue weighted by Gasteiger charge is -2.08. The number of rotatable bonds is 6. The van der Waals surface area contributed by atoms with Crippen LogP contribution in [0.3, 0.4) is 0 Å². The lowest BCUT2D eigenvalue weighted by atomic mass is 10.2. The standard InChI is InChI=1S/C10H17NO4/c1-7(2)11-10(14)15-6-4-5-8(3)9(12)13/h7H,3-6H2,1-2H3,(H,11,14)(H,12,13). The van der Waals surface area contributed by atoms with Crippen LogP contribution in [0.2, 0.25) is 0 Å². The predicted octanol–water partition coefficient (Wildman–Crippen LogP) is 1.54. The van der Waals surface area contributed by atoms with E-state index in [1.807, 2.05) is 13.8 Å². The third kappa shape index (κ3) is 7.54. The molecule has 5 nitrogen and oxygen atoms in total. The molecule has 15 heavy (non-hydrogen) atoms. The van der Waals surface area contributed by atoms with Crippen molar-refractivity contribution in [3.8, 4) is 0 Å². The van der Waals surface area contributed by atoms with E-state index in [9.17, 15) is 9.59 Å². The Morgan fingerprint density at radius 1 is 1.47 bits per heavy atom. The summed E-state index contributed by atoms with van der Waals surface area (Å²) in [6, 6.07) is 0.0338. The van der Waals surface area contributed by atoms with Crippen LogP contribution < -0.4 is 5.32 Å². The highest BCUT2D eigenvalue weighted by atomic mass is 16.5. The van der Waals surface area contributed by atoms with Gasteiger partial charge in [-0.3, -0.25) is 0 Å². The third-order valence-electron chi connectivity index (χ3n) is 1.57. The lowest BCUT2D eigenvalue weighted by Crippen LogP contribution is -2.30. The van der Waals surface area contributed by atoms with E-state index in [1.54, 1.807) is 0 Å². The number of amides is 1. The fraction of sp³-hybridized carbons (Fsp3) is 0.600. The highest BCUT2D eigenvalue weighted by molar-refractivity contribution is 5.85. The van der Waals surface area contributed by atoms with Crippen LogP contribution in [-0.4, -0.2) is 29.8 Å². The van der Waals surface area contributed by atoms with Gasteiger partial charge in [-0.15, -0.1) is 0 Å². The van der Waals surface area contributed by atoms with Gasteiger partial charge in [-0.1, -0.05) is 6.58 Å². The molecule has 0 atom stereocenters. The minimum Gasteiger partial charge on any atom is -0.478 e. The van der Waals surface area contributed by atoms with Gasteiger partial charge in [0.2, 0.25) is 0 Å². The van der Waals surface area contributed by atoms with Crippen LogP contribution in [-0.2, 0) is 9.53 Å². The van der Waals surface area contributed by atoms with Crippen LogP contribution in [0.15, 0.2) is 12.2 Å². The summed E-state index contributed by atoms with van der Waals surface area (Å²) in [4.78, 5) is 21.3. The number of nitrogens with one attached hydrogen (secondary N) is 1. The van der Waals surface area contributed by atoms with Gasteiger partial charge in [-0.25, -0.2) is 9.59 Å². The predicted molar refractivity (Wildman–Crippen MR) is 55.6 cm³/mol. The second-order valence-electron chi connectivity index (χ2n) is 3.45. The van der Waals surface area contributed by atoms with E-state index in [2.05, 4.69) is 11.9 Å². The smallest absolute Gasteiger partial charge is 0.407 e. The van der Waals surface area contributed by atoms with E-state index in [1.165, 1.54) is 0 Å². The number of carboxylic acids is 1. The minimum absolute atomic E-state index is 0.0338. The van der Waals surface area contributed by atoms with Crippen LogP contribution in [0.25, 0.3) is 0 Å². The second kappa shape index (κ2) is 6.86. The number of hydrogen-bond donors (Lipinski definition) is 2. The van der Waals surface area contributed by atoms with Crippen molar-refractivity contribution in [2.75, 3.05) is 6.61 Å². The van der Waals surface area contributed by atoms with Crippen LogP contribution >= 0.6 is 0 Å². The molecule has 2 N–H and O–H groups in total. The molecule has 86 valence electrons. The molecule has 0 heterocycles. The molecule has 0 aromatic carbocycles. The Labute approximate surface area is 89.1 Å². The number of hydrogen-bond acceptors (Lipinski definition) is 3. The second-order valence-corrected chi connectivity index (χ2v) is 3.45. The van der Waals surface area contributed by atoms with Crippen molar-refractivity contribution in [3.05, 3.63) is 12.2 Å². The van der Waals surface area contributed by atoms with Crippen LogP contribution in [0.5, 0.6) is 0 Å². The van der Waals surface area contributed by atoms with E-state index >= 15 is 0 Å². The van der Waals surface area contributed by atoms with E-state index < -0.39 is 12.1 Å². The molecule has 0 aliphatic heterocycles. The van der Waals surface area contributed by atoms with Crippen molar-refractivity contribution in [1.82, 2.24) is 5.32 Å². The molecule has 0 spiro atoms. The third-order valence-corrected chi connectivity index (χ3v) is 1.57. The van der Waals surface area contributed by atoms with E-state index in [-0.39, 0.29) is 18.2 Å². The molecule has 0 fully saturated rings. The normalized spacial score (nSPS) is 9.80. The molecule has 0 saturated carbocycles. The number of carbonyl (C=O) groups excluding carboxylic acids is 1. The van der Waals surface area contributed by atoms with Gasteiger partial charge in [-0.05, 0) is 26.7 Å². The SMILES string of the molecule is C=C(CCCOC(=O)NC(C)C)C(=O)O. The zero-order valence-corrected chi connectivity index (χ0v) is 9.08. The van der Waals surface area contributed by atoms with Gasteiger partial charge in [-0.2, -0.15) is 0 Å². The first-order chi connectivity index (χ1) is 6.93. The van der Waals surface area contributed by atoms with E-state index in [0.29, 0.717) is 12.8 Å². The largest absolute Gasteiger partial charge is 0.478 e. The van der Waals surface area contributed by atoms with Gasteiger partial charge in [0.1, 0.15) is 0 Å². The number of aliphatic carboxylic acids is 1. The maximum absolute atomic E-state index is 11.0. The Morgan fingerprint density at radius 2 is 2.07 bits per heavy atom. The Kier molecular flexibility index (Phi) is 6.17. The molecule has 0 aromatic heterocycles.